The zero-order valence-corrected chi connectivity index (χ0v) is 19.8. The molecule has 3 atom stereocenters. The smallest absolute Gasteiger partial charge is 0.410 e. The second kappa shape index (κ2) is 8.88. The number of aromatic nitrogens is 3. The molecule has 1 saturated carbocycles. The highest BCUT2D eigenvalue weighted by Gasteiger charge is 2.48. The Kier molecular flexibility index (Phi) is 5.56. The number of nitriles is 1. The van der Waals surface area contributed by atoms with Crippen LogP contribution in [0.1, 0.15) is 37.7 Å². The average molecular weight is 471 g/mol. The van der Waals surface area contributed by atoms with Gasteiger partial charge < -0.3 is 19.1 Å². The lowest BCUT2D eigenvalue weighted by atomic mass is 9.78. The van der Waals surface area contributed by atoms with Crippen LogP contribution in [0, 0.1) is 23.2 Å². The lowest BCUT2D eigenvalue weighted by molar-refractivity contribution is 0.00414. The molecule has 3 fully saturated rings. The molecule has 180 valence electrons. The molecule has 0 radical (unpaired) electrons. The standard InChI is InChI=1S/C27H30N6O2/c28-14-20-6-7-23-24(12-20)33(19-30-23)15-21-4-3-9-27(13-21)18-32(26(34)35-27)17-22-8-11-31(16-22)25-5-1-2-10-29-25/h1-2,5-7,10,12,19,21-22H,3-4,8-9,11,13,15-18H2/t21?,22?,27-/m0/s1. The maximum Gasteiger partial charge on any atom is 0.410 e. The Hall–Kier alpha value is -3.60. The largest absolute Gasteiger partial charge is 0.441 e. The number of carbonyl (C=O) groups excluding carboxylic acids is 1. The highest BCUT2D eigenvalue weighted by atomic mass is 16.6. The van der Waals surface area contributed by atoms with E-state index in [0.29, 0.717) is 23.9 Å². The highest BCUT2D eigenvalue weighted by molar-refractivity contribution is 5.77. The molecule has 3 aromatic rings. The van der Waals surface area contributed by atoms with Gasteiger partial charge in [-0.2, -0.15) is 5.26 Å². The van der Waals surface area contributed by atoms with Gasteiger partial charge in [0.05, 0.1) is 35.5 Å². The summed E-state index contributed by atoms with van der Waals surface area (Å²) in [6.45, 7) is 4.16. The van der Waals surface area contributed by atoms with Crippen LogP contribution >= 0.6 is 0 Å². The molecule has 2 aliphatic heterocycles. The Morgan fingerprint density at radius 3 is 2.94 bits per heavy atom. The van der Waals surface area contributed by atoms with Crippen LogP contribution in [0.2, 0.25) is 0 Å². The van der Waals surface area contributed by atoms with E-state index < -0.39 is 0 Å². The number of rotatable bonds is 5. The van der Waals surface area contributed by atoms with Crippen molar-refractivity contribution >= 4 is 22.9 Å². The van der Waals surface area contributed by atoms with Crippen LogP contribution in [0.25, 0.3) is 11.0 Å². The van der Waals surface area contributed by atoms with E-state index in [9.17, 15) is 10.1 Å². The van der Waals surface area contributed by atoms with Crippen LogP contribution in [0.3, 0.4) is 0 Å². The first-order valence-electron chi connectivity index (χ1n) is 12.6. The van der Waals surface area contributed by atoms with E-state index in [1.807, 2.05) is 53.8 Å². The van der Waals surface area contributed by atoms with E-state index >= 15 is 0 Å². The van der Waals surface area contributed by atoms with Crippen molar-refractivity contribution in [1.82, 2.24) is 19.4 Å². The predicted octanol–water partition coefficient (Wildman–Crippen LogP) is 4.21. The van der Waals surface area contributed by atoms with Crippen molar-refractivity contribution < 1.29 is 9.53 Å². The molecule has 2 unspecified atom stereocenters. The van der Waals surface area contributed by atoms with Gasteiger partial charge in [0.2, 0.25) is 0 Å². The number of hydrogen-bond donors (Lipinski definition) is 0. The molecule has 1 aliphatic carbocycles. The molecule has 1 amide bonds. The van der Waals surface area contributed by atoms with E-state index in [4.69, 9.17) is 4.74 Å². The molecule has 1 aromatic carbocycles. The first-order valence-corrected chi connectivity index (χ1v) is 12.6. The fraction of sp³-hybridized carbons (Fsp3) is 0.481. The summed E-state index contributed by atoms with van der Waals surface area (Å²) >= 11 is 0. The molecule has 2 aromatic heterocycles. The summed E-state index contributed by atoms with van der Waals surface area (Å²) in [6.07, 6.45) is 8.57. The molecule has 1 spiro atoms. The van der Waals surface area contributed by atoms with Crippen LogP contribution in [0.5, 0.6) is 0 Å². The van der Waals surface area contributed by atoms with Crippen molar-refractivity contribution in [2.45, 2.75) is 44.2 Å². The Bertz CT molecular complexity index is 1270. The summed E-state index contributed by atoms with van der Waals surface area (Å²) in [5.41, 5.74) is 2.16. The minimum absolute atomic E-state index is 0.159. The Balaban J connectivity index is 1.10. The van der Waals surface area contributed by atoms with Crippen molar-refractivity contribution in [3.8, 4) is 6.07 Å². The van der Waals surface area contributed by atoms with Gasteiger partial charge in [0.25, 0.3) is 0 Å². The second-order valence-electron chi connectivity index (χ2n) is 10.4. The minimum atomic E-state index is -0.381. The average Bonchev–Trinajstić information content (AvgIpc) is 3.58. The van der Waals surface area contributed by atoms with E-state index in [-0.39, 0.29) is 11.7 Å². The molecule has 6 rings (SSSR count). The fourth-order valence-corrected chi connectivity index (χ4v) is 6.26. The van der Waals surface area contributed by atoms with Crippen LogP contribution < -0.4 is 4.90 Å². The van der Waals surface area contributed by atoms with E-state index in [0.717, 1.165) is 75.1 Å². The predicted molar refractivity (Wildman–Crippen MR) is 132 cm³/mol. The normalized spacial score (nSPS) is 26.4. The zero-order chi connectivity index (χ0) is 23.8. The summed E-state index contributed by atoms with van der Waals surface area (Å²) in [7, 11) is 0. The number of anilines is 1. The van der Waals surface area contributed by atoms with Gasteiger partial charge in [-0.25, -0.2) is 14.8 Å². The summed E-state index contributed by atoms with van der Waals surface area (Å²) in [6, 6.07) is 13.8. The molecule has 0 bridgehead atoms. The fourth-order valence-electron chi connectivity index (χ4n) is 6.26. The third kappa shape index (κ3) is 4.31. The maximum atomic E-state index is 12.9. The third-order valence-electron chi connectivity index (χ3n) is 7.89. The number of ether oxygens (including phenoxy) is 1. The van der Waals surface area contributed by atoms with Gasteiger partial charge in [-0.05, 0) is 74.3 Å². The van der Waals surface area contributed by atoms with Gasteiger partial charge in [-0.3, -0.25) is 0 Å². The number of imidazole rings is 1. The van der Waals surface area contributed by atoms with Crippen molar-refractivity contribution in [1.29, 1.82) is 5.26 Å². The van der Waals surface area contributed by atoms with Crippen molar-refractivity contribution in [3.05, 3.63) is 54.5 Å². The Morgan fingerprint density at radius 2 is 2.09 bits per heavy atom. The summed E-state index contributed by atoms with van der Waals surface area (Å²) in [5, 5.41) is 9.27. The van der Waals surface area contributed by atoms with Crippen molar-refractivity contribution in [2.24, 2.45) is 11.8 Å². The number of nitrogens with zero attached hydrogens (tertiary/aromatic N) is 6. The van der Waals surface area contributed by atoms with Gasteiger partial charge >= 0.3 is 6.09 Å². The minimum Gasteiger partial charge on any atom is -0.441 e. The molecular weight excluding hydrogens is 440 g/mol. The summed E-state index contributed by atoms with van der Waals surface area (Å²) < 4.78 is 8.24. The molecule has 2 saturated heterocycles. The van der Waals surface area contributed by atoms with Gasteiger partial charge in [0.15, 0.2) is 0 Å². The second-order valence-corrected chi connectivity index (χ2v) is 10.4. The molecule has 0 N–H and O–H groups in total. The molecular formula is C27H30N6O2. The van der Waals surface area contributed by atoms with E-state index in [2.05, 4.69) is 25.5 Å². The molecule has 8 heteroatoms. The quantitative estimate of drug-likeness (QED) is 0.555. The van der Waals surface area contributed by atoms with Crippen LogP contribution in [0.15, 0.2) is 48.9 Å². The molecule has 3 aliphatic rings. The molecule has 35 heavy (non-hydrogen) atoms. The van der Waals surface area contributed by atoms with E-state index in [1.165, 1.54) is 0 Å². The summed E-state index contributed by atoms with van der Waals surface area (Å²) in [4.78, 5) is 26.1. The number of carbonyl (C=O) groups is 1. The van der Waals surface area contributed by atoms with E-state index in [1.54, 1.807) is 0 Å². The number of pyridine rings is 1. The number of benzene rings is 1. The van der Waals surface area contributed by atoms with Crippen LogP contribution in [-0.4, -0.2) is 57.3 Å². The maximum absolute atomic E-state index is 12.9. The van der Waals surface area contributed by atoms with Crippen molar-refractivity contribution in [2.75, 3.05) is 31.1 Å². The van der Waals surface area contributed by atoms with Gasteiger partial charge in [-0.15, -0.1) is 0 Å². The van der Waals surface area contributed by atoms with Gasteiger partial charge in [-0.1, -0.05) is 6.07 Å². The number of amides is 1. The van der Waals surface area contributed by atoms with Gasteiger partial charge in [0.1, 0.15) is 11.4 Å². The number of fused-ring (bicyclic) bond motifs is 1. The molecule has 4 heterocycles. The summed E-state index contributed by atoms with van der Waals surface area (Å²) in [5.74, 6) is 1.86. The Labute approximate surface area is 205 Å². The highest BCUT2D eigenvalue weighted by Crippen LogP contribution is 2.41. The zero-order valence-electron chi connectivity index (χ0n) is 19.8. The first kappa shape index (κ1) is 21.9. The van der Waals surface area contributed by atoms with Crippen molar-refractivity contribution in [3.63, 3.8) is 0 Å². The monoisotopic (exact) mass is 470 g/mol. The Morgan fingerprint density at radius 1 is 1.14 bits per heavy atom. The first-order chi connectivity index (χ1) is 17.1. The lowest BCUT2D eigenvalue weighted by Gasteiger charge is -2.36. The topological polar surface area (TPSA) is 87.3 Å². The van der Waals surface area contributed by atoms with Crippen LogP contribution in [-0.2, 0) is 11.3 Å². The number of hydrogen-bond acceptors (Lipinski definition) is 6. The lowest BCUT2D eigenvalue weighted by Crippen LogP contribution is -2.41. The van der Waals surface area contributed by atoms with Gasteiger partial charge in [0, 0.05) is 32.4 Å². The SMILES string of the molecule is N#Cc1ccc2ncn(CC3CCC[C@]4(C3)CN(CC3CCN(c5ccccn5)C3)C(=O)O4)c2c1. The molecule has 8 nitrogen and oxygen atoms in total. The van der Waals surface area contributed by atoms with Crippen LogP contribution in [0.4, 0.5) is 10.6 Å². The third-order valence-corrected chi connectivity index (χ3v) is 7.89.